The molecule has 4 nitrogen and oxygen atoms in total. The van der Waals surface area contributed by atoms with Crippen LogP contribution in [0.2, 0.25) is 0 Å². The highest BCUT2D eigenvalue weighted by Crippen LogP contribution is 2.19. The first-order chi connectivity index (χ1) is 9.65. The molecule has 0 aliphatic rings. The molecule has 0 aliphatic carbocycles. The SMILES string of the molecule is O=C(NCCc1ccccn1)Nc1ccc(Br)cc1F. The second-order valence-corrected chi connectivity index (χ2v) is 4.99. The molecule has 20 heavy (non-hydrogen) atoms. The average molecular weight is 338 g/mol. The number of hydrogen-bond donors (Lipinski definition) is 2. The zero-order valence-corrected chi connectivity index (χ0v) is 12.2. The molecule has 0 radical (unpaired) electrons. The summed E-state index contributed by atoms with van der Waals surface area (Å²) < 4.78 is 14.1. The monoisotopic (exact) mass is 337 g/mol. The van der Waals surface area contributed by atoms with Gasteiger partial charge in [-0.25, -0.2) is 9.18 Å². The van der Waals surface area contributed by atoms with Gasteiger partial charge in [-0.1, -0.05) is 22.0 Å². The van der Waals surface area contributed by atoms with Crippen LogP contribution in [0.5, 0.6) is 0 Å². The molecule has 2 amide bonds. The highest BCUT2D eigenvalue weighted by molar-refractivity contribution is 9.10. The highest BCUT2D eigenvalue weighted by Gasteiger charge is 2.06. The number of halogens is 2. The maximum atomic E-state index is 13.5. The molecule has 0 atom stereocenters. The van der Waals surface area contributed by atoms with Gasteiger partial charge in [0.15, 0.2) is 0 Å². The third kappa shape index (κ3) is 4.31. The van der Waals surface area contributed by atoms with E-state index in [1.54, 1.807) is 12.3 Å². The van der Waals surface area contributed by atoms with Crippen LogP contribution >= 0.6 is 15.9 Å². The van der Waals surface area contributed by atoms with E-state index in [1.807, 2.05) is 18.2 Å². The molecule has 1 aromatic heterocycles. The lowest BCUT2D eigenvalue weighted by Crippen LogP contribution is -2.30. The Labute approximate surface area is 124 Å². The predicted octanol–water partition coefficient (Wildman–Crippen LogP) is 3.35. The molecule has 1 aromatic carbocycles. The minimum Gasteiger partial charge on any atom is -0.337 e. The first-order valence-corrected chi connectivity index (χ1v) is 6.84. The van der Waals surface area contributed by atoms with E-state index in [4.69, 9.17) is 0 Å². The van der Waals surface area contributed by atoms with Gasteiger partial charge in [-0.3, -0.25) is 4.98 Å². The number of aromatic nitrogens is 1. The van der Waals surface area contributed by atoms with Gasteiger partial charge in [0, 0.05) is 29.3 Å². The molecule has 0 saturated carbocycles. The highest BCUT2D eigenvalue weighted by atomic mass is 79.9. The summed E-state index contributed by atoms with van der Waals surface area (Å²) in [5.74, 6) is -0.487. The molecule has 0 fully saturated rings. The second kappa shape index (κ2) is 7.00. The summed E-state index contributed by atoms with van der Waals surface area (Å²) in [4.78, 5) is 15.8. The van der Waals surface area contributed by atoms with Gasteiger partial charge in [0.1, 0.15) is 5.82 Å². The Morgan fingerprint density at radius 3 is 2.85 bits per heavy atom. The number of nitrogens with one attached hydrogen (secondary N) is 2. The van der Waals surface area contributed by atoms with E-state index in [-0.39, 0.29) is 5.69 Å². The smallest absolute Gasteiger partial charge is 0.319 e. The molecule has 1 heterocycles. The molecule has 0 bridgehead atoms. The lowest BCUT2D eigenvalue weighted by molar-refractivity contribution is 0.252. The standard InChI is InChI=1S/C14H13BrFN3O/c15-10-4-5-13(12(16)9-10)19-14(20)18-8-6-11-3-1-2-7-17-11/h1-5,7,9H,6,8H2,(H2,18,19,20). The van der Waals surface area contributed by atoms with Crippen molar-refractivity contribution in [2.45, 2.75) is 6.42 Å². The topological polar surface area (TPSA) is 54.0 Å². The maximum absolute atomic E-state index is 13.5. The fourth-order valence-corrected chi connectivity index (χ4v) is 1.94. The Morgan fingerprint density at radius 1 is 1.30 bits per heavy atom. The molecule has 6 heteroatoms. The molecule has 0 aliphatic heterocycles. The van der Waals surface area contributed by atoms with Crippen molar-refractivity contribution in [2.75, 3.05) is 11.9 Å². The number of pyridine rings is 1. The number of urea groups is 1. The first kappa shape index (κ1) is 14.5. The summed E-state index contributed by atoms with van der Waals surface area (Å²) in [7, 11) is 0. The van der Waals surface area contributed by atoms with Crippen LogP contribution < -0.4 is 10.6 Å². The lowest BCUT2D eigenvalue weighted by Gasteiger charge is -2.08. The Hall–Kier alpha value is -1.95. The number of nitrogens with zero attached hydrogens (tertiary/aromatic N) is 1. The van der Waals surface area contributed by atoms with Gasteiger partial charge in [-0.15, -0.1) is 0 Å². The molecule has 0 saturated heterocycles. The summed E-state index contributed by atoms with van der Waals surface area (Å²) in [5, 5.41) is 5.11. The largest absolute Gasteiger partial charge is 0.337 e. The van der Waals surface area contributed by atoms with Crippen LogP contribution in [0.25, 0.3) is 0 Å². The van der Waals surface area contributed by atoms with Crippen LogP contribution in [0.3, 0.4) is 0 Å². The third-order valence-corrected chi connectivity index (χ3v) is 3.07. The van der Waals surface area contributed by atoms with E-state index < -0.39 is 11.8 Å². The van der Waals surface area contributed by atoms with Crippen LogP contribution in [0.1, 0.15) is 5.69 Å². The number of rotatable bonds is 4. The van der Waals surface area contributed by atoms with Crippen molar-refractivity contribution in [3.05, 3.63) is 58.6 Å². The van der Waals surface area contributed by atoms with Crippen molar-refractivity contribution >= 4 is 27.6 Å². The molecule has 0 unspecified atom stereocenters. The van der Waals surface area contributed by atoms with Gasteiger partial charge in [0.05, 0.1) is 5.69 Å². The van der Waals surface area contributed by atoms with Crippen LogP contribution in [0.15, 0.2) is 47.1 Å². The summed E-state index contributed by atoms with van der Waals surface area (Å²) in [6.07, 6.45) is 2.32. The number of carbonyl (C=O) groups is 1. The summed E-state index contributed by atoms with van der Waals surface area (Å²) in [6, 6.07) is 9.61. The minimum atomic E-state index is -0.487. The van der Waals surface area contributed by atoms with Crippen molar-refractivity contribution in [3.63, 3.8) is 0 Å². The molecule has 2 rings (SSSR count). The van der Waals surface area contributed by atoms with Gasteiger partial charge >= 0.3 is 6.03 Å². The molecule has 2 N–H and O–H groups in total. The number of carbonyl (C=O) groups excluding carboxylic acids is 1. The Kier molecular flexibility index (Phi) is 5.06. The first-order valence-electron chi connectivity index (χ1n) is 6.05. The number of amides is 2. The van der Waals surface area contributed by atoms with Crippen molar-refractivity contribution in [2.24, 2.45) is 0 Å². The summed E-state index contributed by atoms with van der Waals surface area (Å²) >= 11 is 3.16. The molecule has 104 valence electrons. The zero-order valence-electron chi connectivity index (χ0n) is 10.6. The van der Waals surface area contributed by atoms with Gasteiger partial charge in [0.25, 0.3) is 0 Å². The van der Waals surface area contributed by atoms with Gasteiger partial charge in [-0.2, -0.15) is 0 Å². The second-order valence-electron chi connectivity index (χ2n) is 4.08. The van der Waals surface area contributed by atoms with Crippen LogP contribution in [-0.2, 0) is 6.42 Å². The Bertz CT molecular complexity index is 592. The third-order valence-electron chi connectivity index (χ3n) is 2.57. The van der Waals surface area contributed by atoms with Crippen molar-refractivity contribution in [3.8, 4) is 0 Å². The molecule has 0 spiro atoms. The number of hydrogen-bond acceptors (Lipinski definition) is 2. The Morgan fingerprint density at radius 2 is 2.15 bits per heavy atom. The van der Waals surface area contributed by atoms with Gasteiger partial charge in [-0.05, 0) is 30.3 Å². The van der Waals surface area contributed by atoms with Crippen molar-refractivity contribution in [1.82, 2.24) is 10.3 Å². The molecular formula is C14H13BrFN3O. The van der Waals surface area contributed by atoms with Crippen molar-refractivity contribution < 1.29 is 9.18 Å². The van der Waals surface area contributed by atoms with Gasteiger partial charge in [0.2, 0.25) is 0 Å². The average Bonchev–Trinajstić information content (AvgIpc) is 2.43. The lowest BCUT2D eigenvalue weighted by atomic mass is 10.3. The predicted molar refractivity (Wildman–Crippen MR) is 79.1 cm³/mol. The van der Waals surface area contributed by atoms with Gasteiger partial charge < -0.3 is 10.6 Å². The fourth-order valence-electron chi connectivity index (χ4n) is 1.61. The summed E-state index contributed by atoms with van der Waals surface area (Å²) in [6.45, 7) is 0.432. The fraction of sp³-hybridized carbons (Fsp3) is 0.143. The quantitative estimate of drug-likeness (QED) is 0.898. The molecular weight excluding hydrogens is 325 g/mol. The van der Waals surface area contributed by atoms with Crippen LogP contribution in [-0.4, -0.2) is 17.6 Å². The van der Waals surface area contributed by atoms with Crippen molar-refractivity contribution in [1.29, 1.82) is 0 Å². The van der Waals surface area contributed by atoms with Crippen LogP contribution in [0, 0.1) is 5.82 Å². The number of benzene rings is 1. The number of anilines is 1. The van der Waals surface area contributed by atoms with E-state index in [0.717, 1.165) is 5.69 Å². The van der Waals surface area contributed by atoms with E-state index in [9.17, 15) is 9.18 Å². The van der Waals surface area contributed by atoms with E-state index in [2.05, 4.69) is 31.5 Å². The van der Waals surface area contributed by atoms with E-state index >= 15 is 0 Å². The van der Waals surface area contributed by atoms with E-state index in [0.29, 0.717) is 17.4 Å². The Balaban J connectivity index is 1.81. The normalized spacial score (nSPS) is 10.1. The summed E-state index contributed by atoms with van der Waals surface area (Å²) in [5.41, 5.74) is 1.03. The van der Waals surface area contributed by atoms with E-state index in [1.165, 1.54) is 12.1 Å². The molecule has 2 aromatic rings. The zero-order chi connectivity index (χ0) is 14.4. The minimum absolute atomic E-state index is 0.142. The van der Waals surface area contributed by atoms with Crippen LogP contribution in [0.4, 0.5) is 14.9 Å². The maximum Gasteiger partial charge on any atom is 0.319 e.